The molecule has 0 fully saturated rings. The van der Waals surface area contributed by atoms with Gasteiger partial charge in [0, 0.05) is 13.5 Å². The summed E-state index contributed by atoms with van der Waals surface area (Å²) in [4.78, 5) is 11.3. The van der Waals surface area contributed by atoms with Gasteiger partial charge in [0.15, 0.2) is 17.4 Å². The highest BCUT2D eigenvalue weighted by Gasteiger charge is 2.22. The van der Waals surface area contributed by atoms with Crippen LogP contribution < -0.4 is 15.2 Å². The van der Waals surface area contributed by atoms with Crippen molar-refractivity contribution >= 4 is 11.8 Å². The molecule has 0 amide bonds. The van der Waals surface area contributed by atoms with Crippen LogP contribution >= 0.6 is 0 Å². The standard InChI is InChI=1S/C12H15F2N5O3/c1-4-8(20)21-7-5-16-19(9(7)15)10-6(2)11(18(3)17-10)22-12(13)14/h5,12H,4,15H2,1-3H3. The highest BCUT2D eigenvalue weighted by Crippen LogP contribution is 2.29. The van der Waals surface area contributed by atoms with Gasteiger partial charge in [0.05, 0.1) is 11.8 Å². The molecule has 0 saturated carbocycles. The van der Waals surface area contributed by atoms with Gasteiger partial charge in [-0.2, -0.15) is 18.6 Å². The molecule has 0 saturated heterocycles. The van der Waals surface area contributed by atoms with E-state index in [2.05, 4.69) is 14.9 Å². The molecule has 2 aromatic heterocycles. The molecule has 2 rings (SSSR count). The second-order valence-electron chi connectivity index (χ2n) is 4.39. The van der Waals surface area contributed by atoms with Gasteiger partial charge in [-0.15, -0.1) is 5.10 Å². The number of aromatic nitrogens is 4. The van der Waals surface area contributed by atoms with E-state index in [1.807, 2.05) is 0 Å². The summed E-state index contributed by atoms with van der Waals surface area (Å²) in [5, 5.41) is 8.01. The molecule has 120 valence electrons. The second-order valence-corrected chi connectivity index (χ2v) is 4.39. The van der Waals surface area contributed by atoms with Crippen LogP contribution in [-0.2, 0) is 11.8 Å². The predicted octanol–water partition coefficient (Wildman–Crippen LogP) is 1.41. The largest absolute Gasteiger partial charge is 0.421 e. The van der Waals surface area contributed by atoms with Gasteiger partial charge in [-0.3, -0.25) is 4.79 Å². The van der Waals surface area contributed by atoms with Gasteiger partial charge in [0.1, 0.15) is 0 Å². The van der Waals surface area contributed by atoms with Gasteiger partial charge in [-0.25, -0.2) is 4.68 Å². The lowest BCUT2D eigenvalue weighted by Gasteiger charge is -2.05. The molecular weight excluding hydrogens is 300 g/mol. The predicted molar refractivity (Wildman–Crippen MR) is 72.0 cm³/mol. The number of anilines is 1. The number of aryl methyl sites for hydroxylation is 1. The Kier molecular flexibility index (Phi) is 4.29. The minimum absolute atomic E-state index is 0.0339. The van der Waals surface area contributed by atoms with E-state index in [0.717, 1.165) is 4.68 Å². The smallest absolute Gasteiger partial charge is 0.388 e. The van der Waals surface area contributed by atoms with Crippen molar-refractivity contribution in [3.8, 4) is 17.4 Å². The van der Waals surface area contributed by atoms with Crippen LogP contribution in [0.1, 0.15) is 18.9 Å². The molecule has 2 heterocycles. The van der Waals surface area contributed by atoms with Crippen LogP contribution in [0.25, 0.3) is 5.82 Å². The number of carbonyl (C=O) groups is 1. The number of halogens is 2. The fourth-order valence-electron chi connectivity index (χ4n) is 1.84. The van der Waals surface area contributed by atoms with Crippen LogP contribution in [0.5, 0.6) is 11.6 Å². The number of hydrogen-bond acceptors (Lipinski definition) is 6. The first kappa shape index (κ1) is 15.7. The van der Waals surface area contributed by atoms with Crippen LogP contribution in [0.4, 0.5) is 14.6 Å². The molecule has 0 bridgehead atoms. The van der Waals surface area contributed by atoms with E-state index < -0.39 is 12.6 Å². The van der Waals surface area contributed by atoms with Crippen molar-refractivity contribution in [3.63, 3.8) is 0 Å². The van der Waals surface area contributed by atoms with Gasteiger partial charge in [0.2, 0.25) is 5.88 Å². The van der Waals surface area contributed by atoms with E-state index in [0.29, 0.717) is 5.56 Å². The summed E-state index contributed by atoms with van der Waals surface area (Å²) in [6.07, 6.45) is 1.43. The summed E-state index contributed by atoms with van der Waals surface area (Å²) in [5.74, 6) is -0.257. The van der Waals surface area contributed by atoms with Gasteiger partial charge in [0.25, 0.3) is 0 Å². The summed E-state index contributed by atoms with van der Waals surface area (Å²) in [7, 11) is 1.45. The summed E-state index contributed by atoms with van der Waals surface area (Å²) in [6, 6.07) is 0. The Morgan fingerprint density at radius 2 is 2.18 bits per heavy atom. The van der Waals surface area contributed by atoms with E-state index in [1.165, 1.54) is 17.9 Å². The van der Waals surface area contributed by atoms with Crippen LogP contribution in [-0.4, -0.2) is 32.1 Å². The third-order valence-electron chi connectivity index (χ3n) is 2.88. The van der Waals surface area contributed by atoms with Crippen molar-refractivity contribution in [2.24, 2.45) is 7.05 Å². The maximum atomic E-state index is 12.4. The summed E-state index contributed by atoms with van der Waals surface area (Å²) >= 11 is 0. The van der Waals surface area contributed by atoms with Crippen LogP contribution in [0.15, 0.2) is 6.20 Å². The Hall–Kier alpha value is -2.65. The summed E-state index contributed by atoms with van der Waals surface area (Å²) < 4.78 is 36.5. The molecule has 0 atom stereocenters. The van der Waals surface area contributed by atoms with E-state index in [4.69, 9.17) is 10.5 Å². The average Bonchev–Trinajstić information content (AvgIpc) is 2.93. The lowest BCUT2D eigenvalue weighted by molar-refractivity contribution is -0.133. The molecule has 8 nitrogen and oxygen atoms in total. The maximum absolute atomic E-state index is 12.4. The first-order valence-electron chi connectivity index (χ1n) is 6.38. The maximum Gasteiger partial charge on any atom is 0.388 e. The SMILES string of the molecule is CCC(=O)Oc1cnn(-c2nn(C)c(OC(F)F)c2C)c1N. The summed E-state index contributed by atoms with van der Waals surface area (Å²) in [6.45, 7) is 0.205. The number of hydrogen-bond donors (Lipinski definition) is 1. The molecule has 2 N–H and O–H groups in total. The normalized spacial score (nSPS) is 11.0. The van der Waals surface area contributed by atoms with Crippen molar-refractivity contribution in [2.45, 2.75) is 26.9 Å². The molecule has 0 radical (unpaired) electrons. The molecule has 0 unspecified atom stereocenters. The molecule has 22 heavy (non-hydrogen) atoms. The molecular formula is C12H15F2N5O3. The third-order valence-corrected chi connectivity index (χ3v) is 2.88. The Bertz CT molecular complexity index is 695. The number of nitrogens with two attached hydrogens (primary N) is 1. The van der Waals surface area contributed by atoms with Crippen LogP contribution in [0, 0.1) is 6.92 Å². The van der Waals surface area contributed by atoms with Gasteiger partial charge in [-0.05, 0) is 6.92 Å². The number of esters is 1. The molecule has 2 aromatic rings. The highest BCUT2D eigenvalue weighted by atomic mass is 19.3. The molecule has 0 aliphatic heterocycles. The number of alkyl halides is 2. The first-order chi connectivity index (χ1) is 10.3. The Morgan fingerprint density at radius 1 is 1.50 bits per heavy atom. The zero-order valence-electron chi connectivity index (χ0n) is 12.2. The molecule has 0 spiro atoms. The zero-order valence-corrected chi connectivity index (χ0v) is 12.2. The highest BCUT2D eigenvalue weighted by molar-refractivity contribution is 5.73. The number of nitrogens with zero attached hydrogens (tertiary/aromatic N) is 4. The van der Waals surface area contributed by atoms with Gasteiger partial charge >= 0.3 is 12.6 Å². The van der Waals surface area contributed by atoms with Crippen molar-refractivity contribution in [3.05, 3.63) is 11.8 Å². The lowest BCUT2D eigenvalue weighted by atomic mass is 10.3. The summed E-state index contributed by atoms with van der Waals surface area (Å²) in [5.41, 5.74) is 6.18. The fourth-order valence-corrected chi connectivity index (χ4v) is 1.84. The van der Waals surface area contributed by atoms with Crippen molar-refractivity contribution in [2.75, 3.05) is 5.73 Å². The van der Waals surface area contributed by atoms with Crippen LogP contribution in [0.2, 0.25) is 0 Å². The zero-order chi connectivity index (χ0) is 16.4. The van der Waals surface area contributed by atoms with Gasteiger partial charge < -0.3 is 15.2 Å². The fraction of sp³-hybridized carbons (Fsp3) is 0.417. The monoisotopic (exact) mass is 315 g/mol. The van der Waals surface area contributed by atoms with E-state index in [1.54, 1.807) is 13.8 Å². The lowest BCUT2D eigenvalue weighted by Crippen LogP contribution is -2.08. The first-order valence-corrected chi connectivity index (χ1v) is 6.38. The number of carbonyl (C=O) groups excluding carboxylic acids is 1. The van der Waals surface area contributed by atoms with E-state index >= 15 is 0 Å². The molecule has 0 aliphatic carbocycles. The van der Waals surface area contributed by atoms with Crippen molar-refractivity contribution in [1.82, 2.24) is 19.6 Å². The second kappa shape index (κ2) is 6.00. The minimum Gasteiger partial charge on any atom is -0.421 e. The third kappa shape index (κ3) is 2.85. The quantitative estimate of drug-likeness (QED) is 0.838. The number of nitrogen functional groups attached to an aromatic ring is 1. The molecule has 10 heteroatoms. The number of rotatable bonds is 5. The minimum atomic E-state index is -2.97. The van der Waals surface area contributed by atoms with Crippen molar-refractivity contribution in [1.29, 1.82) is 0 Å². The number of ether oxygens (including phenoxy) is 2. The van der Waals surface area contributed by atoms with E-state index in [-0.39, 0.29) is 29.7 Å². The van der Waals surface area contributed by atoms with Crippen LogP contribution in [0.3, 0.4) is 0 Å². The average molecular weight is 315 g/mol. The molecule has 0 aliphatic rings. The Labute approximate surface area is 124 Å². The Balaban J connectivity index is 2.39. The Morgan fingerprint density at radius 3 is 2.77 bits per heavy atom. The van der Waals surface area contributed by atoms with Gasteiger partial charge in [-0.1, -0.05) is 6.92 Å². The van der Waals surface area contributed by atoms with Crippen molar-refractivity contribution < 1.29 is 23.0 Å². The van der Waals surface area contributed by atoms with E-state index in [9.17, 15) is 13.6 Å². The topological polar surface area (TPSA) is 97.2 Å². The molecule has 0 aromatic carbocycles.